The van der Waals surface area contributed by atoms with Crippen LogP contribution in [0, 0.1) is 0 Å². The lowest BCUT2D eigenvalue weighted by atomic mass is 10.3. The molecule has 0 aromatic carbocycles. The van der Waals surface area contributed by atoms with E-state index in [0.29, 0.717) is 0 Å². The summed E-state index contributed by atoms with van der Waals surface area (Å²) in [4.78, 5) is 0. The van der Waals surface area contributed by atoms with Crippen LogP contribution in [-0.2, 0) is 6.54 Å². The zero-order chi connectivity index (χ0) is 9.61. The van der Waals surface area contributed by atoms with E-state index in [0.717, 1.165) is 6.54 Å². The van der Waals surface area contributed by atoms with Gasteiger partial charge in [-0.05, 0) is 6.92 Å². The number of aryl methyl sites for hydroxylation is 1. The minimum Gasteiger partial charge on any atom is -0.418 e. The topological polar surface area (TPSA) is 3.88 Å². The molecule has 70 valence electrons. The van der Waals surface area contributed by atoms with Crippen molar-refractivity contribution in [3.8, 4) is 0 Å². The van der Waals surface area contributed by atoms with E-state index in [1.807, 2.05) is 0 Å². The van der Waals surface area contributed by atoms with Gasteiger partial charge in [-0.2, -0.15) is 4.57 Å². The minimum atomic E-state index is -6.00. The Morgan fingerprint density at radius 3 is 2.00 bits per heavy atom. The normalized spacial score (nSPS) is 10.4. The Morgan fingerprint density at radius 1 is 1.33 bits per heavy atom. The average Bonchev–Trinajstić information content (AvgIpc) is 2.33. The van der Waals surface area contributed by atoms with Gasteiger partial charge < -0.3 is 17.3 Å². The molecule has 0 aliphatic heterocycles. The SMILES string of the molecule is CC[n+]1ccsc1.F[B-](F)(F)F. The van der Waals surface area contributed by atoms with Crippen LogP contribution >= 0.6 is 11.3 Å². The van der Waals surface area contributed by atoms with Gasteiger partial charge in [-0.25, -0.2) is 0 Å². The molecule has 1 aromatic heterocycles. The van der Waals surface area contributed by atoms with Crippen LogP contribution in [0.1, 0.15) is 6.92 Å². The summed E-state index contributed by atoms with van der Waals surface area (Å²) in [5.41, 5.74) is 2.10. The number of nitrogens with zero attached hydrogens (tertiary/aromatic N) is 1. The highest BCUT2D eigenvalue weighted by Gasteiger charge is 2.20. The second-order valence-corrected chi connectivity index (χ2v) is 2.61. The van der Waals surface area contributed by atoms with Gasteiger partial charge in [0.1, 0.15) is 6.54 Å². The largest absolute Gasteiger partial charge is 0.673 e. The van der Waals surface area contributed by atoms with Crippen molar-refractivity contribution in [2.75, 3.05) is 0 Å². The van der Waals surface area contributed by atoms with Crippen LogP contribution in [0.2, 0.25) is 0 Å². The van der Waals surface area contributed by atoms with Gasteiger partial charge in [0.05, 0.1) is 5.38 Å². The number of thiazole rings is 1. The zero-order valence-electron chi connectivity index (χ0n) is 6.38. The standard InChI is InChI=1S/C5H8NS.BF4/c1-2-6-3-4-7-5-6;2-1(3,4)5/h3-5H,2H2,1H3;/q+1;-1. The van der Waals surface area contributed by atoms with Crippen molar-refractivity contribution in [2.45, 2.75) is 13.5 Å². The molecule has 0 radical (unpaired) electrons. The van der Waals surface area contributed by atoms with Crippen LogP contribution in [0.3, 0.4) is 0 Å². The van der Waals surface area contributed by atoms with Gasteiger partial charge in [-0.3, -0.25) is 0 Å². The first-order valence-corrected chi connectivity index (χ1v) is 4.16. The molecule has 0 aliphatic carbocycles. The van der Waals surface area contributed by atoms with Gasteiger partial charge in [-0.15, -0.1) is 0 Å². The molecule has 1 aromatic rings. The maximum atomic E-state index is 9.75. The molecule has 0 fully saturated rings. The number of hydrogen-bond donors (Lipinski definition) is 0. The van der Waals surface area contributed by atoms with Gasteiger partial charge in [-0.1, -0.05) is 11.3 Å². The van der Waals surface area contributed by atoms with Gasteiger partial charge in [0, 0.05) is 0 Å². The average molecular weight is 201 g/mol. The molecule has 0 unspecified atom stereocenters. The van der Waals surface area contributed by atoms with Crippen molar-refractivity contribution in [2.24, 2.45) is 0 Å². The molecule has 1 rings (SSSR count). The predicted molar refractivity (Wildman–Crippen MR) is 40.4 cm³/mol. The van der Waals surface area contributed by atoms with Crippen LogP contribution < -0.4 is 4.57 Å². The second kappa shape index (κ2) is 5.13. The van der Waals surface area contributed by atoms with Gasteiger partial charge in [0.2, 0.25) is 5.51 Å². The molecular formula is C5H8BF4NS. The summed E-state index contributed by atoms with van der Waals surface area (Å²) in [6.07, 6.45) is 2.07. The zero-order valence-corrected chi connectivity index (χ0v) is 7.20. The van der Waals surface area contributed by atoms with E-state index in [2.05, 4.69) is 28.6 Å². The Labute approximate surface area is 71.8 Å². The minimum absolute atomic E-state index is 1.09. The Bertz CT molecular complexity index is 192. The summed E-state index contributed by atoms with van der Waals surface area (Å²) >= 11 is 1.73. The molecule has 0 spiro atoms. The lowest BCUT2D eigenvalue weighted by Gasteiger charge is -1.94. The maximum absolute atomic E-state index is 9.75. The van der Waals surface area contributed by atoms with E-state index in [4.69, 9.17) is 0 Å². The fourth-order valence-electron chi connectivity index (χ4n) is 0.442. The number of aromatic nitrogens is 1. The molecular weight excluding hydrogens is 193 g/mol. The van der Waals surface area contributed by atoms with Gasteiger partial charge in [0.15, 0.2) is 6.20 Å². The molecule has 1 heterocycles. The third kappa shape index (κ3) is 9.41. The highest BCUT2D eigenvalue weighted by Crippen LogP contribution is 2.06. The maximum Gasteiger partial charge on any atom is 0.673 e. The lowest BCUT2D eigenvalue weighted by Crippen LogP contribution is -2.27. The monoisotopic (exact) mass is 201 g/mol. The highest BCUT2D eigenvalue weighted by molar-refractivity contribution is 7.07. The Morgan fingerprint density at radius 2 is 1.83 bits per heavy atom. The molecule has 0 saturated heterocycles. The molecule has 0 amide bonds. The summed E-state index contributed by atoms with van der Waals surface area (Å²) in [5, 5.41) is 2.07. The number of rotatable bonds is 1. The van der Waals surface area contributed by atoms with Crippen LogP contribution in [0.4, 0.5) is 17.3 Å². The van der Waals surface area contributed by atoms with E-state index in [9.17, 15) is 17.3 Å². The van der Waals surface area contributed by atoms with E-state index < -0.39 is 7.25 Å². The van der Waals surface area contributed by atoms with Crippen LogP contribution in [0.25, 0.3) is 0 Å². The Hall–Kier alpha value is -0.585. The third-order valence-electron chi connectivity index (χ3n) is 0.892. The van der Waals surface area contributed by atoms with E-state index in [1.165, 1.54) is 0 Å². The van der Waals surface area contributed by atoms with E-state index in [-0.39, 0.29) is 0 Å². The lowest BCUT2D eigenvalue weighted by molar-refractivity contribution is -0.688. The predicted octanol–water partition coefficient (Wildman–Crippen LogP) is 2.36. The molecule has 1 nitrogen and oxygen atoms in total. The van der Waals surface area contributed by atoms with Gasteiger partial charge in [0.25, 0.3) is 0 Å². The summed E-state index contributed by atoms with van der Waals surface area (Å²) < 4.78 is 41.1. The van der Waals surface area contributed by atoms with Crippen molar-refractivity contribution < 1.29 is 21.8 Å². The second-order valence-electron chi connectivity index (χ2n) is 1.85. The molecule has 0 bridgehead atoms. The van der Waals surface area contributed by atoms with Crippen LogP contribution in [0.15, 0.2) is 17.1 Å². The Balaban J connectivity index is 0.000000217. The van der Waals surface area contributed by atoms with Gasteiger partial charge >= 0.3 is 7.25 Å². The fourth-order valence-corrected chi connectivity index (χ4v) is 1.11. The molecule has 7 heteroatoms. The first-order valence-electron chi connectivity index (χ1n) is 3.22. The third-order valence-corrected chi connectivity index (χ3v) is 1.56. The molecule has 0 atom stereocenters. The van der Waals surface area contributed by atoms with E-state index in [1.54, 1.807) is 11.3 Å². The summed E-state index contributed by atoms with van der Waals surface area (Å²) in [6.45, 7) is 3.22. The summed E-state index contributed by atoms with van der Waals surface area (Å²) in [5.74, 6) is 0. The highest BCUT2D eigenvalue weighted by atomic mass is 32.1. The Kier molecular flexibility index (Phi) is 4.88. The van der Waals surface area contributed by atoms with Crippen molar-refractivity contribution in [1.29, 1.82) is 0 Å². The van der Waals surface area contributed by atoms with Crippen molar-refractivity contribution in [1.82, 2.24) is 0 Å². The molecule has 0 saturated carbocycles. The molecule has 12 heavy (non-hydrogen) atoms. The first-order chi connectivity index (χ1) is 5.43. The fraction of sp³-hybridized carbons (Fsp3) is 0.400. The smallest absolute Gasteiger partial charge is 0.418 e. The van der Waals surface area contributed by atoms with Crippen LogP contribution in [0.5, 0.6) is 0 Å². The summed E-state index contributed by atoms with van der Waals surface area (Å²) in [6, 6.07) is 0. The molecule has 0 N–H and O–H groups in total. The number of halogens is 4. The van der Waals surface area contributed by atoms with Crippen LogP contribution in [-0.4, -0.2) is 7.25 Å². The molecule has 0 aliphatic rings. The summed E-state index contributed by atoms with van der Waals surface area (Å²) in [7, 11) is -6.00. The van der Waals surface area contributed by atoms with E-state index >= 15 is 0 Å². The quantitative estimate of drug-likeness (QED) is 0.373. The van der Waals surface area contributed by atoms with Crippen molar-refractivity contribution >= 4 is 18.6 Å². The van der Waals surface area contributed by atoms with Crippen molar-refractivity contribution in [3.63, 3.8) is 0 Å². The first kappa shape index (κ1) is 11.4. The number of hydrogen-bond acceptors (Lipinski definition) is 1. The van der Waals surface area contributed by atoms with Crippen molar-refractivity contribution in [3.05, 3.63) is 17.1 Å².